The largest absolute Gasteiger partial charge is 0.322 e. The Kier molecular flexibility index (Phi) is 3.23. The van der Waals surface area contributed by atoms with Gasteiger partial charge in [-0.25, -0.2) is 0 Å². The van der Waals surface area contributed by atoms with Gasteiger partial charge in [0.2, 0.25) is 5.91 Å². The van der Waals surface area contributed by atoms with Gasteiger partial charge in [-0.1, -0.05) is 41.0 Å². The van der Waals surface area contributed by atoms with Crippen molar-refractivity contribution in [2.24, 2.45) is 11.3 Å². The van der Waals surface area contributed by atoms with Gasteiger partial charge in [-0.3, -0.25) is 10.1 Å². The first-order valence-electron chi connectivity index (χ1n) is 7.00. The van der Waals surface area contributed by atoms with Crippen molar-refractivity contribution in [1.82, 2.24) is 10.2 Å². The van der Waals surface area contributed by atoms with Gasteiger partial charge in [0.05, 0.1) is 12.2 Å². The second-order valence-corrected chi connectivity index (χ2v) is 6.41. The van der Waals surface area contributed by atoms with Crippen LogP contribution in [0.15, 0.2) is 0 Å². The minimum Gasteiger partial charge on any atom is -0.322 e. The Bertz CT molecular complexity index is 313. The minimum atomic E-state index is 0.0429. The lowest BCUT2D eigenvalue weighted by atomic mass is 9.99. The Hall–Kier alpha value is -0.570. The number of nitrogens with one attached hydrogen (secondary N) is 1. The predicted octanol–water partition coefficient (Wildman–Crippen LogP) is 2.37. The van der Waals surface area contributed by atoms with Crippen molar-refractivity contribution < 1.29 is 4.79 Å². The molecule has 3 nitrogen and oxygen atoms in total. The minimum absolute atomic E-state index is 0.0429. The summed E-state index contributed by atoms with van der Waals surface area (Å²) in [6.45, 7) is 11.0. The van der Waals surface area contributed by atoms with Gasteiger partial charge in [0.25, 0.3) is 0 Å². The number of nitrogens with zero attached hydrogens (tertiary/aromatic N) is 1. The maximum atomic E-state index is 12.5. The Balaban J connectivity index is 2.13. The van der Waals surface area contributed by atoms with Crippen LogP contribution in [0.1, 0.15) is 53.9 Å². The Labute approximate surface area is 105 Å². The lowest BCUT2D eigenvalue weighted by molar-refractivity contribution is -0.131. The number of amides is 1. The van der Waals surface area contributed by atoms with E-state index in [9.17, 15) is 4.79 Å². The average molecular weight is 238 g/mol. The second-order valence-electron chi connectivity index (χ2n) is 6.41. The molecule has 1 aliphatic carbocycles. The first-order valence-corrected chi connectivity index (χ1v) is 7.00. The van der Waals surface area contributed by atoms with E-state index >= 15 is 0 Å². The van der Waals surface area contributed by atoms with Crippen molar-refractivity contribution >= 4 is 5.91 Å². The lowest BCUT2D eigenvalue weighted by Crippen LogP contribution is -2.40. The van der Waals surface area contributed by atoms with E-state index in [1.807, 2.05) is 0 Å². The smallest absolute Gasteiger partial charge is 0.241 e. The van der Waals surface area contributed by atoms with Gasteiger partial charge in [0.15, 0.2) is 0 Å². The molecule has 0 spiro atoms. The van der Waals surface area contributed by atoms with Crippen LogP contribution < -0.4 is 5.32 Å². The van der Waals surface area contributed by atoms with Crippen molar-refractivity contribution in [3.63, 3.8) is 0 Å². The maximum Gasteiger partial charge on any atom is 0.241 e. The first-order chi connectivity index (χ1) is 7.92. The molecule has 2 aliphatic rings. The second kappa shape index (κ2) is 4.27. The molecule has 2 rings (SSSR count). The zero-order valence-electron chi connectivity index (χ0n) is 11.8. The molecule has 1 N–H and O–H groups in total. The van der Waals surface area contributed by atoms with E-state index in [2.05, 4.69) is 44.8 Å². The maximum absolute atomic E-state index is 12.5. The van der Waals surface area contributed by atoms with Gasteiger partial charge >= 0.3 is 0 Å². The molecule has 0 aromatic carbocycles. The van der Waals surface area contributed by atoms with Crippen molar-refractivity contribution in [2.75, 3.05) is 0 Å². The standard InChI is InChI=1S/C14H26N2O/c1-6-9(3)12-13(17)16(11(7-2)15-12)10-8-14(10,4)5/h9-12,15H,6-8H2,1-5H3. The van der Waals surface area contributed by atoms with Crippen LogP contribution in [0.3, 0.4) is 0 Å². The van der Waals surface area contributed by atoms with Crippen LogP contribution in [0.25, 0.3) is 0 Å². The Morgan fingerprint density at radius 2 is 2.06 bits per heavy atom. The van der Waals surface area contributed by atoms with Crippen LogP contribution in [0.2, 0.25) is 0 Å². The number of carbonyl (C=O) groups excluding carboxylic acids is 1. The first kappa shape index (κ1) is 12.9. The van der Waals surface area contributed by atoms with Crippen LogP contribution in [0, 0.1) is 11.3 Å². The normalized spacial score (nSPS) is 37.4. The third-order valence-electron chi connectivity index (χ3n) is 4.63. The van der Waals surface area contributed by atoms with Crippen LogP contribution in [-0.4, -0.2) is 29.1 Å². The summed E-state index contributed by atoms with van der Waals surface area (Å²) in [4.78, 5) is 14.6. The molecule has 1 saturated heterocycles. The van der Waals surface area contributed by atoms with Crippen LogP contribution >= 0.6 is 0 Å². The highest BCUT2D eigenvalue weighted by molar-refractivity contribution is 5.85. The van der Waals surface area contributed by atoms with Gasteiger partial charge in [-0.2, -0.15) is 0 Å². The third-order valence-corrected chi connectivity index (χ3v) is 4.63. The highest BCUT2D eigenvalue weighted by Gasteiger charge is 2.56. The van der Waals surface area contributed by atoms with Gasteiger partial charge in [0, 0.05) is 6.04 Å². The van der Waals surface area contributed by atoms with Crippen molar-refractivity contribution in [3.05, 3.63) is 0 Å². The molecule has 17 heavy (non-hydrogen) atoms. The molecule has 3 heteroatoms. The van der Waals surface area contributed by atoms with E-state index in [1.165, 1.54) is 0 Å². The Morgan fingerprint density at radius 1 is 1.47 bits per heavy atom. The summed E-state index contributed by atoms with van der Waals surface area (Å²) in [5.41, 5.74) is 0.328. The molecule has 1 saturated carbocycles. The number of hydrogen-bond acceptors (Lipinski definition) is 2. The van der Waals surface area contributed by atoms with Crippen molar-refractivity contribution in [1.29, 1.82) is 0 Å². The monoisotopic (exact) mass is 238 g/mol. The number of carbonyl (C=O) groups is 1. The van der Waals surface area contributed by atoms with Gasteiger partial charge in [-0.15, -0.1) is 0 Å². The Morgan fingerprint density at radius 3 is 2.47 bits per heavy atom. The summed E-state index contributed by atoms with van der Waals surface area (Å²) in [6, 6.07) is 0.503. The van der Waals surface area contributed by atoms with Crippen molar-refractivity contribution in [2.45, 2.75) is 72.1 Å². The molecular weight excluding hydrogens is 212 g/mol. The summed E-state index contributed by atoms with van der Waals surface area (Å²) in [5, 5.41) is 3.53. The van der Waals surface area contributed by atoms with Gasteiger partial charge in [0.1, 0.15) is 0 Å². The van der Waals surface area contributed by atoms with Crippen LogP contribution in [0.4, 0.5) is 0 Å². The lowest BCUT2D eigenvalue weighted by Gasteiger charge is -2.24. The summed E-state index contributed by atoms with van der Waals surface area (Å²) in [5.74, 6) is 0.769. The average Bonchev–Trinajstić information content (AvgIpc) is 2.77. The zero-order valence-corrected chi connectivity index (χ0v) is 11.8. The topological polar surface area (TPSA) is 32.3 Å². The highest BCUT2D eigenvalue weighted by Crippen LogP contribution is 2.50. The quantitative estimate of drug-likeness (QED) is 0.815. The molecule has 98 valence electrons. The molecule has 0 aromatic heterocycles. The fourth-order valence-electron chi connectivity index (χ4n) is 2.92. The zero-order chi connectivity index (χ0) is 12.8. The summed E-state index contributed by atoms with van der Waals surface area (Å²) < 4.78 is 0. The summed E-state index contributed by atoms with van der Waals surface area (Å²) in [6.07, 6.45) is 3.48. The van der Waals surface area contributed by atoms with E-state index in [-0.39, 0.29) is 12.2 Å². The summed E-state index contributed by atoms with van der Waals surface area (Å²) >= 11 is 0. The number of hydrogen-bond donors (Lipinski definition) is 1. The van der Waals surface area contributed by atoms with E-state index in [0.717, 1.165) is 19.3 Å². The molecule has 1 amide bonds. The molecule has 0 radical (unpaired) electrons. The van der Waals surface area contributed by atoms with E-state index < -0.39 is 0 Å². The van der Waals surface area contributed by atoms with E-state index in [0.29, 0.717) is 23.3 Å². The molecular formula is C14H26N2O. The summed E-state index contributed by atoms with van der Waals surface area (Å²) in [7, 11) is 0. The SMILES string of the molecule is CCC(C)C1NC(CC)N(C2CC2(C)C)C1=O. The molecule has 1 heterocycles. The van der Waals surface area contributed by atoms with Crippen molar-refractivity contribution in [3.8, 4) is 0 Å². The molecule has 4 atom stereocenters. The predicted molar refractivity (Wildman–Crippen MR) is 69.5 cm³/mol. The van der Waals surface area contributed by atoms with Gasteiger partial charge in [-0.05, 0) is 24.2 Å². The van der Waals surface area contributed by atoms with Crippen LogP contribution in [0.5, 0.6) is 0 Å². The number of rotatable bonds is 4. The molecule has 2 fully saturated rings. The van der Waals surface area contributed by atoms with Crippen LogP contribution in [-0.2, 0) is 4.79 Å². The molecule has 4 unspecified atom stereocenters. The fourth-order valence-corrected chi connectivity index (χ4v) is 2.92. The van der Waals surface area contributed by atoms with E-state index in [4.69, 9.17) is 0 Å². The third kappa shape index (κ3) is 2.10. The fraction of sp³-hybridized carbons (Fsp3) is 0.929. The van der Waals surface area contributed by atoms with Gasteiger partial charge < -0.3 is 4.90 Å². The molecule has 0 aromatic rings. The highest BCUT2D eigenvalue weighted by atomic mass is 16.2. The molecule has 1 aliphatic heterocycles. The van der Waals surface area contributed by atoms with E-state index in [1.54, 1.807) is 0 Å². The molecule has 0 bridgehead atoms.